The quantitative estimate of drug-likeness (QED) is 0.740. The van der Waals surface area contributed by atoms with Crippen LogP contribution in [0.2, 0.25) is 0 Å². The van der Waals surface area contributed by atoms with Crippen LogP contribution in [0.25, 0.3) is 0 Å². The Morgan fingerprint density at radius 1 is 1.47 bits per heavy atom. The Kier molecular flexibility index (Phi) is 4.26. The van der Waals surface area contributed by atoms with Gasteiger partial charge >= 0.3 is 0 Å². The molecule has 0 heterocycles. The summed E-state index contributed by atoms with van der Waals surface area (Å²) >= 11 is 5.70. The average molecular weight is 226 g/mol. The number of nitriles is 1. The number of nitrogens with zero attached hydrogens (tertiary/aromatic N) is 1. The first-order valence-corrected chi connectivity index (χ1v) is 5.04. The van der Waals surface area contributed by atoms with Crippen molar-refractivity contribution in [1.82, 2.24) is 0 Å². The topological polar surface area (TPSA) is 42.2 Å². The molecule has 4 heteroatoms. The van der Waals surface area contributed by atoms with Crippen molar-refractivity contribution in [2.24, 2.45) is 0 Å². The van der Waals surface area contributed by atoms with Crippen LogP contribution in [-0.4, -0.2) is 13.2 Å². The van der Waals surface area contributed by atoms with Gasteiger partial charge in [-0.1, -0.05) is 6.07 Å². The van der Waals surface area contributed by atoms with Gasteiger partial charge in [-0.3, -0.25) is 0 Å². The highest BCUT2D eigenvalue weighted by molar-refractivity contribution is 6.17. The molecule has 0 aliphatic heterocycles. The molecular formula is C11H12ClNO2. The summed E-state index contributed by atoms with van der Waals surface area (Å²) in [5.74, 6) is 1.55. The first-order valence-electron chi connectivity index (χ1n) is 4.50. The van der Waals surface area contributed by atoms with Gasteiger partial charge in [0.05, 0.1) is 7.11 Å². The SMILES string of the molecule is COc1ccc(CCl)cc1OC(C)C#N. The van der Waals surface area contributed by atoms with Crippen molar-refractivity contribution in [2.75, 3.05) is 7.11 Å². The van der Waals surface area contributed by atoms with Gasteiger partial charge in [-0.2, -0.15) is 5.26 Å². The number of halogens is 1. The van der Waals surface area contributed by atoms with Crippen LogP contribution in [0, 0.1) is 11.3 Å². The van der Waals surface area contributed by atoms with Gasteiger partial charge in [0.1, 0.15) is 6.07 Å². The Labute approximate surface area is 94.2 Å². The molecule has 1 atom stereocenters. The lowest BCUT2D eigenvalue weighted by Crippen LogP contribution is -2.09. The minimum absolute atomic E-state index is 0.404. The smallest absolute Gasteiger partial charge is 0.181 e. The highest BCUT2D eigenvalue weighted by atomic mass is 35.5. The summed E-state index contributed by atoms with van der Waals surface area (Å²) in [5, 5.41) is 8.64. The molecule has 1 unspecified atom stereocenters. The normalized spacial score (nSPS) is 11.6. The van der Waals surface area contributed by atoms with Gasteiger partial charge in [0.15, 0.2) is 17.6 Å². The number of hydrogen-bond donors (Lipinski definition) is 0. The van der Waals surface area contributed by atoms with Crippen molar-refractivity contribution >= 4 is 11.6 Å². The second-order valence-corrected chi connectivity index (χ2v) is 3.28. The lowest BCUT2D eigenvalue weighted by atomic mass is 10.2. The van der Waals surface area contributed by atoms with E-state index in [-0.39, 0.29) is 0 Å². The Balaban J connectivity index is 2.97. The summed E-state index contributed by atoms with van der Waals surface area (Å²) in [6, 6.07) is 7.40. The molecule has 3 nitrogen and oxygen atoms in total. The molecule has 0 aliphatic rings. The fourth-order valence-electron chi connectivity index (χ4n) is 1.11. The van der Waals surface area contributed by atoms with Crippen LogP contribution < -0.4 is 9.47 Å². The average Bonchev–Trinajstić information content (AvgIpc) is 2.28. The van der Waals surface area contributed by atoms with Crippen LogP contribution in [0.3, 0.4) is 0 Å². The fraction of sp³-hybridized carbons (Fsp3) is 0.364. The molecular weight excluding hydrogens is 214 g/mol. The van der Waals surface area contributed by atoms with Crippen LogP contribution in [0.4, 0.5) is 0 Å². The summed E-state index contributed by atoms with van der Waals surface area (Å²) in [6.07, 6.45) is -0.510. The zero-order valence-corrected chi connectivity index (χ0v) is 9.41. The van der Waals surface area contributed by atoms with Crippen LogP contribution >= 0.6 is 11.6 Å². The third-order valence-electron chi connectivity index (χ3n) is 1.87. The zero-order chi connectivity index (χ0) is 11.3. The minimum Gasteiger partial charge on any atom is -0.493 e. The molecule has 0 amide bonds. The maximum atomic E-state index is 8.64. The Hall–Kier alpha value is -1.40. The van der Waals surface area contributed by atoms with E-state index in [1.165, 1.54) is 0 Å². The van der Waals surface area contributed by atoms with Gasteiger partial charge in [0.25, 0.3) is 0 Å². The highest BCUT2D eigenvalue weighted by Crippen LogP contribution is 2.29. The molecule has 0 saturated carbocycles. The molecule has 1 aromatic rings. The molecule has 0 spiro atoms. The minimum atomic E-state index is -0.510. The van der Waals surface area contributed by atoms with Crippen LogP contribution in [0.15, 0.2) is 18.2 Å². The molecule has 0 saturated heterocycles. The van der Waals surface area contributed by atoms with Crippen LogP contribution in [-0.2, 0) is 5.88 Å². The van der Waals surface area contributed by atoms with Gasteiger partial charge in [0, 0.05) is 5.88 Å². The summed E-state index contributed by atoms with van der Waals surface area (Å²) in [6.45, 7) is 1.67. The Bertz CT molecular complexity index is 373. The van der Waals surface area contributed by atoms with Crippen molar-refractivity contribution in [1.29, 1.82) is 5.26 Å². The molecule has 1 rings (SSSR count). The van der Waals surface area contributed by atoms with E-state index in [0.29, 0.717) is 17.4 Å². The molecule has 0 bridgehead atoms. The number of benzene rings is 1. The second kappa shape index (κ2) is 5.47. The number of ether oxygens (including phenoxy) is 2. The van der Waals surface area contributed by atoms with E-state index in [0.717, 1.165) is 5.56 Å². The monoisotopic (exact) mass is 225 g/mol. The van der Waals surface area contributed by atoms with E-state index in [1.54, 1.807) is 26.2 Å². The van der Waals surface area contributed by atoms with E-state index in [4.69, 9.17) is 26.3 Å². The number of methoxy groups -OCH3 is 1. The zero-order valence-electron chi connectivity index (χ0n) is 8.66. The molecule has 0 aliphatic carbocycles. The molecule has 1 aromatic carbocycles. The molecule has 80 valence electrons. The molecule has 0 aromatic heterocycles. The summed E-state index contributed by atoms with van der Waals surface area (Å²) < 4.78 is 10.5. The summed E-state index contributed by atoms with van der Waals surface area (Å²) in [7, 11) is 1.56. The van der Waals surface area contributed by atoms with E-state index in [1.807, 2.05) is 12.1 Å². The predicted molar refractivity (Wildman–Crippen MR) is 58.3 cm³/mol. The first-order chi connectivity index (χ1) is 7.21. The lowest BCUT2D eigenvalue weighted by molar-refractivity contribution is 0.260. The standard InChI is InChI=1S/C11H12ClNO2/c1-8(7-13)15-11-5-9(6-12)3-4-10(11)14-2/h3-5,8H,6H2,1-2H3. The fourth-order valence-corrected chi connectivity index (χ4v) is 1.28. The maximum absolute atomic E-state index is 8.64. The van der Waals surface area contributed by atoms with Crippen molar-refractivity contribution in [3.05, 3.63) is 23.8 Å². The van der Waals surface area contributed by atoms with Gasteiger partial charge in [-0.05, 0) is 24.6 Å². The molecule has 0 radical (unpaired) electrons. The molecule has 0 N–H and O–H groups in total. The van der Waals surface area contributed by atoms with Crippen molar-refractivity contribution in [2.45, 2.75) is 18.9 Å². The number of rotatable bonds is 4. The van der Waals surface area contributed by atoms with E-state index < -0.39 is 6.10 Å². The van der Waals surface area contributed by atoms with E-state index >= 15 is 0 Å². The summed E-state index contributed by atoms with van der Waals surface area (Å²) in [4.78, 5) is 0. The van der Waals surface area contributed by atoms with E-state index in [9.17, 15) is 0 Å². The van der Waals surface area contributed by atoms with Crippen molar-refractivity contribution in [3.63, 3.8) is 0 Å². The Morgan fingerprint density at radius 2 is 2.20 bits per heavy atom. The van der Waals surface area contributed by atoms with Crippen LogP contribution in [0.1, 0.15) is 12.5 Å². The summed E-state index contributed by atoms with van der Waals surface area (Å²) in [5.41, 5.74) is 0.928. The first kappa shape index (κ1) is 11.7. The van der Waals surface area contributed by atoms with Gasteiger partial charge in [0.2, 0.25) is 0 Å². The molecule has 15 heavy (non-hydrogen) atoms. The van der Waals surface area contributed by atoms with E-state index in [2.05, 4.69) is 0 Å². The number of alkyl halides is 1. The van der Waals surface area contributed by atoms with Crippen molar-refractivity contribution < 1.29 is 9.47 Å². The van der Waals surface area contributed by atoms with Crippen molar-refractivity contribution in [3.8, 4) is 17.6 Å². The van der Waals surface area contributed by atoms with Gasteiger partial charge in [-0.25, -0.2) is 0 Å². The third kappa shape index (κ3) is 3.03. The lowest BCUT2D eigenvalue weighted by Gasteiger charge is -2.12. The van der Waals surface area contributed by atoms with Crippen LogP contribution in [0.5, 0.6) is 11.5 Å². The largest absolute Gasteiger partial charge is 0.493 e. The van der Waals surface area contributed by atoms with Gasteiger partial charge < -0.3 is 9.47 Å². The highest BCUT2D eigenvalue weighted by Gasteiger charge is 2.08. The maximum Gasteiger partial charge on any atom is 0.181 e. The third-order valence-corrected chi connectivity index (χ3v) is 2.18. The predicted octanol–water partition coefficient (Wildman–Crippen LogP) is 2.72. The number of hydrogen-bond acceptors (Lipinski definition) is 3. The molecule has 0 fully saturated rings. The second-order valence-electron chi connectivity index (χ2n) is 3.01. The van der Waals surface area contributed by atoms with Gasteiger partial charge in [-0.15, -0.1) is 11.6 Å². The Morgan fingerprint density at radius 3 is 2.73 bits per heavy atom.